The second-order valence-electron chi connectivity index (χ2n) is 9.11. The molecular formula is C30H45FO2. The van der Waals surface area contributed by atoms with Gasteiger partial charge in [0.15, 0.2) is 0 Å². The molecule has 2 nitrogen and oxygen atoms in total. The third-order valence-corrected chi connectivity index (χ3v) is 6.14. The fourth-order valence-corrected chi connectivity index (χ4v) is 4.05. The molecule has 0 bridgehead atoms. The van der Waals surface area contributed by atoms with Crippen molar-refractivity contribution in [1.29, 1.82) is 0 Å². The summed E-state index contributed by atoms with van der Waals surface area (Å²) in [5.74, 6) is 1.21. The summed E-state index contributed by atoms with van der Waals surface area (Å²) >= 11 is 0. The summed E-state index contributed by atoms with van der Waals surface area (Å²) in [5.41, 5.74) is 1.45. The van der Waals surface area contributed by atoms with Gasteiger partial charge in [-0.25, -0.2) is 4.39 Å². The van der Waals surface area contributed by atoms with Crippen LogP contribution in [-0.4, -0.2) is 13.2 Å². The minimum atomic E-state index is -0.246. The van der Waals surface area contributed by atoms with Crippen molar-refractivity contribution in [3.8, 4) is 22.6 Å². The predicted molar refractivity (Wildman–Crippen MR) is 139 cm³/mol. The molecule has 2 aromatic carbocycles. The molecule has 0 aliphatic carbocycles. The van der Waals surface area contributed by atoms with E-state index in [2.05, 4.69) is 13.8 Å². The van der Waals surface area contributed by atoms with Crippen molar-refractivity contribution in [1.82, 2.24) is 0 Å². The first-order valence-electron chi connectivity index (χ1n) is 13.4. The molecule has 0 amide bonds. The van der Waals surface area contributed by atoms with Crippen molar-refractivity contribution in [2.45, 2.75) is 104 Å². The summed E-state index contributed by atoms with van der Waals surface area (Å²) in [5, 5.41) is 0. The van der Waals surface area contributed by atoms with E-state index in [9.17, 15) is 4.39 Å². The predicted octanol–water partition coefficient (Wildman–Crippen LogP) is 9.75. The fourth-order valence-electron chi connectivity index (χ4n) is 4.05. The van der Waals surface area contributed by atoms with E-state index < -0.39 is 0 Å². The third-order valence-electron chi connectivity index (χ3n) is 6.14. The highest BCUT2D eigenvalue weighted by molar-refractivity contribution is 5.65. The number of hydrogen-bond donors (Lipinski definition) is 0. The smallest absolute Gasteiger partial charge is 0.134 e. The molecule has 0 N–H and O–H groups in total. The quantitative estimate of drug-likeness (QED) is 0.196. The minimum absolute atomic E-state index is 0.246. The Kier molecular flexibility index (Phi) is 14.4. The molecule has 0 heterocycles. The molecule has 0 radical (unpaired) electrons. The van der Waals surface area contributed by atoms with E-state index in [1.165, 1.54) is 83.1 Å². The summed E-state index contributed by atoms with van der Waals surface area (Å²) in [7, 11) is 0. The summed E-state index contributed by atoms with van der Waals surface area (Å²) in [4.78, 5) is 0. The first kappa shape index (κ1) is 27.2. The number of unbranched alkanes of at least 4 members (excludes halogenated alkanes) is 12. The van der Waals surface area contributed by atoms with Crippen molar-refractivity contribution in [2.75, 3.05) is 13.2 Å². The summed E-state index contributed by atoms with van der Waals surface area (Å²) < 4.78 is 26.3. The van der Waals surface area contributed by atoms with Crippen LogP contribution in [-0.2, 0) is 0 Å². The molecule has 0 saturated carbocycles. The average Bonchev–Trinajstić information content (AvgIpc) is 2.83. The Balaban J connectivity index is 1.68. The zero-order chi connectivity index (χ0) is 23.6. The fraction of sp³-hybridized carbons (Fsp3) is 0.600. The van der Waals surface area contributed by atoms with Gasteiger partial charge in [0.1, 0.15) is 17.3 Å². The van der Waals surface area contributed by atoms with Gasteiger partial charge in [-0.3, -0.25) is 0 Å². The first-order valence-corrected chi connectivity index (χ1v) is 13.4. The number of halogens is 1. The maximum Gasteiger partial charge on any atom is 0.134 e. The van der Waals surface area contributed by atoms with E-state index in [0.717, 1.165) is 30.8 Å². The van der Waals surface area contributed by atoms with Crippen LogP contribution in [0.1, 0.15) is 104 Å². The van der Waals surface area contributed by atoms with E-state index in [0.29, 0.717) is 17.9 Å². The zero-order valence-electron chi connectivity index (χ0n) is 21.0. The maximum atomic E-state index is 14.7. The number of ether oxygens (including phenoxy) is 2. The summed E-state index contributed by atoms with van der Waals surface area (Å²) in [6.45, 7) is 5.87. The molecule has 33 heavy (non-hydrogen) atoms. The standard InChI is InChI=1S/C30H45FO2/c1-3-5-7-9-11-12-14-16-24-33-28-21-22-29(30(31)25-28)26-17-19-27(20-18-26)32-23-15-13-10-8-6-4-2/h17-22,25H,3-16,23-24H2,1-2H3. The molecular weight excluding hydrogens is 411 g/mol. The van der Waals surface area contributed by atoms with Gasteiger partial charge in [-0.15, -0.1) is 0 Å². The monoisotopic (exact) mass is 456 g/mol. The van der Waals surface area contributed by atoms with Gasteiger partial charge in [0.25, 0.3) is 0 Å². The molecule has 184 valence electrons. The molecule has 2 rings (SSSR count). The van der Waals surface area contributed by atoms with Crippen molar-refractivity contribution in [3.05, 3.63) is 48.3 Å². The molecule has 0 unspecified atom stereocenters. The number of rotatable bonds is 19. The summed E-state index contributed by atoms with van der Waals surface area (Å²) in [6.07, 6.45) is 17.6. The highest BCUT2D eigenvalue weighted by Gasteiger charge is 2.07. The Labute approximate surface area is 201 Å². The summed E-state index contributed by atoms with van der Waals surface area (Å²) in [6, 6.07) is 12.9. The van der Waals surface area contributed by atoms with E-state index >= 15 is 0 Å². The van der Waals surface area contributed by atoms with Crippen LogP contribution in [0, 0.1) is 5.82 Å². The maximum absolute atomic E-state index is 14.7. The Morgan fingerprint density at radius 3 is 1.52 bits per heavy atom. The molecule has 0 aliphatic heterocycles. The second-order valence-corrected chi connectivity index (χ2v) is 9.11. The van der Waals surface area contributed by atoms with Gasteiger partial charge in [-0.2, -0.15) is 0 Å². The highest BCUT2D eigenvalue weighted by Crippen LogP contribution is 2.28. The Morgan fingerprint density at radius 2 is 1.00 bits per heavy atom. The lowest BCUT2D eigenvalue weighted by Gasteiger charge is -2.10. The van der Waals surface area contributed by atoms with Crippen LogP contribution in [0.15, 0.2) is 42.5 Å². The van der Waals surface area contributed by atoms with Gasteiger partial charge in [0.2, 0.25) is 0 Å². The van der Waals surface area contributed by atoms with Crippen LogP contribution in [0.4, 0.5) is 4.39 Å². The van der Waals surface area contributed by atoms with E-state index in [1.807, 2.05) is 36.4 Å². The SMILES string of the molecule is CCCCCCCCCCOc1ccc(-c2ccc(OCCCCCCCC)cc2)c(F)c1. The largest absolute Gasteiger partial charge is 0.494 e. The Bertz CT molecular complexity index is 741. The van der Waals surface area contributed by atoms with Gasteiger partial charge >= 0.3 is 0 Å². The molecule has 2 aromatic rings. The third kappa shape index (κ3) is 11.6. The van der Waals surface area contributed by atoms with Gasteiger partial charge in [-0.05, 0) is 42.7 Å². The van der Waals surface area contributed by atoms with E-state index in [-0.39, 0.29) is 5.82 Å². The zero-order valence-corrected chi connectivity index (χ0v) is 21.0. The molecule has 0 spiro atoms. The van der Waals surface area contributed by atoms with E-state index in [1.54, 1.807) is 0 Å². The van der Waals surface area contributed by atoms with Crippen LogP contribution < -0.4 is 9.47 Å². The first-order chi connectivity index (χ1) is 16.2. The van der Waals surface area contributed by atoms with Gasteiger partial charge < -0.3 is 9.47 Å². The Morgan fingerprint density at radius 1 is 0.545 bits per heavy atom. The van der Waals surface area contributed by atoms with Crippen LogP contribution in [0.25, 0.3) is 11.1 Å². The topological polar surface area (TPSA) is 18.5 Å². The number of benzene rings is 2. The van der Waals surface area contributed by atoms with Crippen molar-refractivity contribution in [2.24, 2.45) is 0 Å². The Hall–Kier alpha value is -2.03. The molecule has 0 saturated heterocycles. The lowest BCUT2D eigenvalue weighted by atomic mass is 10.0. The minimum Gasteiger partial charge on any atom is -0.494 e. The molecule has 0 aromatic heterocycles. The van der Waals surface area contributed by atoms with Crippen molar-refractivity contribution in [3.63, 3.8) is 0 Å². The average molecular weight is 457 g/mol. The van der Waals surface area contributed by atoms with Gasteiger partial charge in [0.05, 0.1) is 13.2 Å². The van der Waals surface area contributed by atoms with Crippen LogP contribution in [0.5, 0.6) is 11.5 Å². The molecule has 3 heteroatoms. The van der Waals surface area contributed by atoms with Crippen molar-refractivity contribution < 1.29 is 13.9 Å². The molecule has 0 atom stereocenters. The van der Waals surface area contributed by atoms with Crippen molar-refractivity contribution >= 4 is 0 Å². The molecule has 0 fully saturated rings. The van der Waals surface area contributed by atoms with Crippen LogP contribution in [0.3, 0.4) is 0 Å². The lowest BCUT2D eigenvalue weighted by Crippen LogP contribution is -1.98. The second kappa shape index (κ2) is 17.4. The molecule has 0 aliphatic rings. The normalized spacial score (nSPS) is 11.0. The highest BCUT2D eigenvalue weighted by atomic mass is 19.1. The van der Waals surface area contributed by atoms with Gasteiger partial charge in [0, 0.05) is 11.6 Å². The lowest BCUT2D eigenvalue weighted by molar-refractivity contribution is 0.303. The van der Waals surface area contributed by atoms with Crippen LogP contribution >= 0.6 is 0 Å². The van der Waals surface area contributed by atoms with Gasteiger partial charge in [-0.1, -0.05) is 103 Å². The number of hydrogen-bond acceptors (Lipinski definition) is 2. The van der Waals surface area contributed by atoms with Crippen LogP contribution in [0.2, 0.25) is 0 Å². The van der Waals surface area contributed by atoms with E-state index in [4.69, 9.17) is 9.47 Å².